The van der Waals surface area contributed by atoms with Crippen molar-refractivity contribution in [1.29, 1.82) is 0 Å². The molecule has 30 heavy (non-hydrogen) atoms. The lowest BCUT2D eigenvalue weighted by molar-refractivity contribution is 0.0844. The van der Waals surface area contributed by atoms with Gasteiger partial charge in [-0.25, -0.2) is 4.99 Å². The molecule has 1 saturated carbocycles. The van der Waals surface area contributed by atoms with Crippen LogP contribution in [0.5, 0.6) is 0 Å². The lowest BCUT2D eigenvalue weighted by Crippen LogP contribution is -2.54. The first-order valence-electron chi connectivity index (χ1n) is 11.8. The molecule has 3 heterocycles. The summed E-state index contributed by atoms with van der Waals surface area (Å²) >= 11 is 0. The van der Waals surface area contributed by atoms with Crippen LogP contribution in [-0.4, -0.2) is 56.2 Å². The predicted molar refractivity (Wildman–Crippen MR) is 123 cm³/mol. The minimum atomic E-state index is 0.406. The lowest BCUT2D eigenvalue weighted by Gasteiger charge is -2.40. The van der Waals surface area contributed by atoms with Crippen LogP contribution < -0.4 is 15.5 Å². The third kappa shape index (κ3) is 4.20. The van der Waals surface area contributed by atoms with Crippen molar-refractivity contribution in [3.05, 3.63) is 29.3 Å². The van der Waals surface area contributed by atoms with E-state index in [0.29, 0.717) is 18.1 Å². The Labute approximate surface area is 180 Å². The minimum absolute atomic E-state index is 0.406. The van der Waals surface area contributed by atoms with E-state index >= 15 is 0 Å². The molecule has 5 rings (SSSR count). The van der Waals surface area contributed by atoms with E-state index in [1.54, 1.807) is 0 Å². The predicted octanol–water partition coefficient (Wildman–Crippen LogP) is 3.38. The molecule has 4 aliphatic rings. The molecule has 0 bridgehead atoms. The highest BCUT2D eigenvalue weighted by Gasteiger charge is 2.31. The molecule has 0 unspecified atom stereocenters. The molecule has 0 amide bonds. The molecule has 0 radical (unpaired) electrons. The van der Waals surface area contributed by atoms with E-state index in [9.17, 15) is 0 Å². The monoisotopic (exact) mass is 409 g/mol. The number of rotatable bonds is 3. The van der Waals surface area contributed by atoms with Crippen LogP contribution in [0.2, 0.25) is 0 Å². The Kier molecular flexibility index (Phi) is 5.93. The highest BCUT2D eigenvalue weighted by Crippen LogP contribution is 2.31. The van der Waals surface area contributed by atoms with Gasteiger partial charge in [0.1, 0.15) is 12.5 Å². The molecule has 1 aromatic rings. The maximum atomic E-state index is 5.59. The van der Waals surface area contributed by atoms with E-state index in [1.165, 1.54) is 54.8 Å². The van der Waals surface area contributed by atoms with Crippen LogP contribution in [-0.2, 0) is 4.74 Å². The summed E-state index contributed by atoms with van der Waals surface area (Å²) in [7, 11) is 0. The van der Waals surface area contributed by atoms with Crippen LogP contribution in [0.15, 0.2) is 28.2 Å². The third-order valence-electron chi connectivity index (χ3n) is 7.04. The van der Waals surface area contributed by atoms with Gasteiger partial charge in [-0.3, -0.25) is 4.99 Å². The summed E-state index contributed by atoms with van der Waals surface area (Å²) in [5.74, 6) is 2.28. The molecule has 6 heteroatoms. The number of hydrogen-bond acceptors (Lipinski definition) is 6. The number of anilines is 1. The molecule has 1 aliphatic carbocycles. The Hall–Kier alpha value is -2.08. The first-order chi connectivity index (χ1) is 14.8. The van der Waals surface area contributed by atoms with Gasteiger partial charge in [0.25, 0.3) is 0 Å². The summed E-state index contributed by atoms with van der Waals surface area (Å²) in [5.41, 5.74) is 3.87. The molecular formula is C24H35N5O. The number of nitrogens with one attached hydrogen (secondary N) is 2. The second kappa shape index (κ2) is 8.96. The number of aliphatic imine (C=N–C) groups is 2. The van der Waals surface area contributed by atoms with E-state index < -0.39 is 0 Å². The van der Waals surface area contributed by atoms with Gasteiger partial charge in [-0.2, -0.15) is 0 Å². The number of amidine groups is 2. The summed E-state index contributed by atoms with van der Waals surface area (Å²) in [4.78, 5) is 12.2. The Bertz CT molecular complexity index is 814. The van der Waals surface area contributed by atoms with E-state index in [-0.39, 0.29) is 0 Å². The van der Waals surface area contributed by atoms with Gasteiger partial charge in [0.15, 0.2) is 0 Å². The quantitative estimate of drug-likeness (QED) is 0.803. The highest BCUT2D eigenvalue weighted by atomic mass is 16.5. The van der Waals surface area contributed by atoms with E-state index in [2.05, 4.69) is 45.6 Å². The average molecular weight is 410 g/mol. The SMILES string of the molecule is Cc1ccc2c(c1)C(N[C@H]1CCCC[C@H]1NC1=NCCC1)=NCN2C1CCOCC1. The molecule has 2 N–H and O–H groups in total. The van der Waals surface area contributed by atoms with Gasteiger partial charge in [-0.15, -0.1) is 0 Å². The maximum Gasteiger partial charge on any atom is 0.132 e. The molecule has 2 fully saturated rings. The summed E-state index contributed by atoms with van der Waals surface area (Å²) in [5, 5.41) is 7.63. The van der Waals surface area contributed by atoms with Crippen molar-refractivity contribution in [2.75, 3.05) is 31.3 Å². The molecular weight excluding hydrogens is 374 g/mol. The molecule has 162 valence electrons. The fraction of sp³-hybridized carbons (Fsp3) is 0.667. The number of ether oxygens (including phenoxy) is 1. The van der Waals surface area contributed by atoms with Gasteiger partial charge >= 0.3 is 0 Å². The molecule has 1 saturated heterocycles. The molecule has 3 aliphatic heterocycles. The van der Waals surface area contributed by atoms with Crippen molar-refractivity contribution in [1.82, 2.24) is 10.6 Å². The molecule has 0 aromatic heterocycles. The van der Waals surface area contributed by atoms with Gasteiger partial charge in [0.05, 0.1) is 5.84 Å². The largest absolute Gasteiger partial charge is 0.381 e. The first kappa shape index (κ1) is 19.9. The molecule has 0 spiro atoms. The van der Waals surface area contributed by atoms with Gasteiger partial charge in [0, 0.05) is 55.6 Å². The number of fused-ring (bicyclic) bond motifs is 1. The molecule has 2 atom stereocenters. The maximum absolute atomic E-state index is 5.59. The zero-order chi connectivity index (χ0) is 20.3. The number of hydrogen-bond donors (Lipinski definition) is 2. The van der Waals surface area contributed by atoms with Crippen LogP contribution in [0.1, 0.15) is 62.5 Å². The van der Waals surface area contributed by atoms with Gasteiger partial charge in [0.2, 0.25) is 0 Å². The molecule has 1 aromatic carbocycles. The van der Waals surface area contributed by atoms with Gasteiger partial charge in [-0.1, -0.05) is 24.5 Å². The highest BCUT2D eigenvalue weighted by molar-refractivity contribution is 6.05. The van der Waals surface area contributed by atoms with E-state index in [0.717, 1.165) is 51.5 Å². The zero-order valence-corrected chi connectivity index (χ0v) is 18.2. The number of aryl methyl sites for hydroxylation is 1. The topological polar surface area (TPSA) is 61.2 Å². The van der Waals surface area contributed by atoms with Gasteiger partial charge in [-0.05, 0) is 51.2 Å². The van der Waals surface area contributed by atoms with E-state index in [4.69, 9.17) is 9.73 Å². The average Bonchev–Trinajstić information content (AvgIpc) is 3.29. The van der Waals surface area contributed by atoms with Crippen molar-refractivity contribution in [2.45, 2.75) is 76.4 Å². The normalized spacial score (nSPS) is 27.3. The zero-order valence-electron chi connectivity index (χ0n) is 18.2. The van der Waals surface area contributed by atoms with Crippen LogP contribution in [0, 0.1) is 6.92 Å². The van der Waals surface area contributed by atoms with Crippen LogP contribution in [0.3, 0.4) is 0 Å². The Morgan fingerprint density at radius 2 is 1.77 bits per heavy atom. The second-order valence-corrected chi connectivity index (χ2v) is 9.20. The number of benzene rings is 1. The summed E-state index contributed by atoms with van der Waals surface area (Å²) in [6.07, 6.45) is 9.44. The Balaban J connectivity index is 1.36. The summed E-state index contributed by atoms with van der Waals surface area (Å²) in [6.45, 7) is 5.61. The number of nitrogens with zero attached hydrogens (tertiary/aromatic N) is 3. The van der Waals surface area contributed by atoms with Crippen molar-refractivity contribution in [2.24, 2.45) is 9.98 Å². The van der Waals surface area contributed by atoms with E-state index in [1.807, 2.05) is 0 Å². The smallest absolute Gasteiger partial charge is 0.132 e. The fourth-order valence-electron chi connectivity index (χ4n) is 5.35. The Morgan fingerprint density at radius 1 is 0.967 bits per heavy atom. The Morgan fingerprint density at radius 3 is 2.53 bits per heavy atom. The fourth-order valence-corrected chi connectivity index (χ4v) is 5.35. The standard InChI is InChI=1S/C24H35N5O/c1-17-8-9-22-19(15-17)24(26-16-29(22)18-10-13-30-14-11-18)28-21-6-3-2-5-20(21)27-23-7-4-12-25-23/h8-9,15,18,20-21H,2-7,10-14,16H2,1H3,(H,25,27)(H,26,28)/t20-,21+/m1/s1. The van der Waals surface area contributed by atoms with Gasteiger partial charge < -0.3 is 20.3 Å². The first-order valence-corrected chi connectivity index (χ1v) is 11.8. The summed E-state index contributed by atoms with van der Waals surface area (Å²) < 4.78 is 5.59. The van der Waals surface area contributed by atoms with Crippen molar-refractivity contribution in [3.8, 4) is 0 Å². The van der Waals surface area contributed by atoms with Crippen molar-refractivity contribution >= 4 is 17.4 Å². The van der Waals surface area contributed by atoms with Crippen LogP contribution >= 0.6 is 0 Å². The second-order valence-electron chi connectivity index (χ2n) is 9.20. The third-order valence-corrected chi connectivity index (χ3v) is 7.04. The minimum Gasteiger partial charge on any atom is -0.381 e. The van der Waals surface area contributed by atoms with Crippen LogP contribution in [0.4, 0.5) is 5.69 Å². The lowest BCUT2D eigenvalue weighted by atomic mass is 9.89. The van der Waals surface area contributed by atoms with Crippen molar-refractivity contribution < 1.29 is 4.74 Å². The van der Waals surface area contributed by atoms with Crippen molar-refractivity contribution in [3.63, 3.8) is 0 Å². The summed E-state index contributed by atoms with van der Waals surface area (Å²) in [6, 6.07) is 8.20. The molecule has 6 nitrogen and oxygen atoms in total. The van der Waals surface area contributed by atoms with Crippen LogP contribution in [0.25, 0.3) is 0 Å².